The van der Waals surface area contributed by atoms with Gasteiger partial charge < -0.3 is 5.11 Å². The van der Waals surface area contributed by atoms with Crippen LogP contribution in [-0.2, 0) is 0 Å². The van der Waals surface area contributed by atoms with Crippen LogP contribution in [0.15, 0.2) is 18.2 Å². The maximum atomic E-state index is 9.59. The van der Waals surface area contributed by atoms with Gasteiger partial charge in [-0.05, 0) is 17.7 Å². The molecule has 2 heteroatoms. The van der Waals surface area contributed by atoms with E-state index in [-0.39, 0.29) is 0 Å². The highest BCUT2D eigenvalue weighted by atomic mass is 28.3. The SMILES string of the molecule is Cc1cccc([Si](C)C)c1O. The topological polar surface area (TPSA) is 20.2 Å². The zero-order valence-corrected chi connectivity index (χ0v) is 8.18. The molecule has 1 rings (SSSR count). The van der Waals surface area contributed by atoms with Crippen molar-refractivity contribution in [2.75, 3.05) is 0 Å². The first-order valence-electron chi connectivity index (χ1n) is 3.72. The number of phenolic OH excluding ortho intramolecular Hbond substituents is 1. The Labute approximate surface area is 69.3 Å². The van der Waals surface area contributed by atoms with Crippen molar-refractivity contribution in [3.05, 3.63) is 23.8 Å². The van der Waals surface area contributed by atoms with Crippen molar-refractivity contribution in [2.24, 2.45) is 0 Å². The van der Waals surface area contributed by atoms with Gasteiger partial charge in [0.2, 0.25) is 0 Å². The quantitative estimate of drug-likeness (QED) is 0.627. The number of hydrogen-bond donors (Lipinski definition) is 1. The van der Waals surface area contributed by atoms with E-state index in [1.165, 1.54) is 0 Å². The van der Waals surface area contributed by atoms with Crippen LogP contribution in [0.2, 0.25) is 13.1 Å². The summed E-state index contributed by atoms with van der Waals surface area (Å²) in [6, 6.07) is 5.95. The second-order valence-electron chi connectivity index (χ2n) is 2.97. The lowest BCUT2D eigenvalue weighted by atomic mass is 10.2. The molecule has 0 spiro atoms. The Bertz CT molecular complexity index is 256. The second-order valence-corrected chi connectivity index (χ2v) is 5.51. The predicted octanol–water partition coefficient (Wildman–Crippen LogP) is 1.66. The highest BCUT2D eigenvalue weighted by Crippen LogP contribution is 2.12. The minimum atomic E-state index is -0.514. The summed E-state index contributed by atoms with van der Waals surface area (Å²) in [6.45, 7) is 6.29. The number of para-hydroxylation sites is 1. The Morgan fingerprint density at radius 3 is 2.36 bits per heavy atom. The summed E-state index contributed by atoms with van der Waals surface area (Å²) in [5, 5.41) is 10.7. The summed E-state index contributed by atoms with van der Waals surface area (Å²) in [6.07, 6.45) is 0. The predicted molar refractivity (Wildman–Crippen MR) is 50.0 cm³/mol. The van der Waals surface area contributed by atoms with E-state index in [0.717, 1.165) is 10.8 Å². The molecule has 59 valence electrons. The van der Waals surface area contributed by atoms with Gasteiger partial charge in [0.1, 0.15) is 5.75 Å². The molecule has 1 aromatic carbocycles. The van der Waals surface area contributed by atoms with E-state index in [4.69, 9.17) is 0 Å². The van der Waals surface area contributed by atoms with Crippen LogP contribution in [0, 0.1) is 6.92 Å². The van der Waals surface area contributed by atoms with Crippen LogP contribution in [-0.4, -0.2) is 13.9 Å². The average Bonchev–Trinajstić information content (AvgIpc) is 1.94. The first-order chi connectivity index (χ1) is 5.13. The monoisotopic (exact) mass is 165 g/mol. The zero-order valence-electron chi connectivity index (χ0n) is 7.18. The third kappa shape index (κ3) is 1.63. The first-order valence-corrected chi connectivity index (χ1v) is 6.22. The van der Waals surface area contributed by atoms with Crippen molar-refractivity contribution >= 4 is 14.0 Å². The molecule has 0 heterocycles. The molecular formula is C9H13OSi. The van der Waals surface area contributed by atoms with Gasteiger partial charge in [-0.25, -0.2) is 0 Å². The first kappa shape index (κ1) is 8.33. The van der Waals surface area contributed by atoms with Crippen molar-refractivity contribution in [1.82, 2.24) is 0 Å². The molecule has 0 bridgehead atoms. The molecule has 1 nitrogen and oxygen atoms in total. The van der Waals surface area contributed by atoms with Gasteiger partial charge in [0, 0.05) is 0 Å². The van der Waals surface area contributed by atoms with Gasteiger partial charge in [-0.15, -0.1) is 0 Å². The summed E-state index contributed by atoms with van der Waals surface area (Å²) in [5.41, 5.74) is 0.980. The van der Waals surface area contributed by atoms with Crippen LogP contribution in [0.3, 0.4) is 0 Å². The van der Waals surface area contributed by atoms with Gasteiger partial charge >= 0.3 is 0 Å². The van der Waals surface area contributed by atoms with Crippen molar-refractivity contribution in [3.8, 4) is 5.75 Å². The molecular weight excluding hydrogens is 152 g/mol. The van der Waals surface area contributed by atoms with Gasteiger partial charge in [0.15, 0.2) is 0 Å². The van der Waals surface area contributed by atoms with Gasteiger partial charge in [-0.1, -0.05) is 31.3 Å². The molecule has 0 saturated carbocycles. The average molecular weight is 165 g/mol. The molecule has 1 radical (unpaired) electrons. The van der Waals surface area contributed by atoms with E-state index in [0.29, 0.717) is 5.75 Å². The summed E-state index contributed by atoms with van der Waals surface area (Å²) in [7, 11) is -0.514. The van der Waals surface area contributed by atoms with Crippen molar-refractivity contribution in [3.63, 3.8) is 0 Å². The zero-order chi connectivity index (χ0) is 8.43. The third-order valence-corrected chi connectivity index (χ3v) is 3.26. The molecule has 0 saturated heterocycles. The van der Waals surface area contributed by atoms with E-state index < -0.39 is 8.80 Å². The maximum Gasteiger partial charge on any atom is 0.117 e. The molecule has 1 N–H and O–H groups in total. The number of hydrogen-bond acceptors (Lipinski definition) is 1. The molecule has 0 atom stereocenters. The van der Waals surface area contributed by atoms with Crippen LogP contribution in [0.25, 0.3) is 0 Å². The van der Waals surface area contributed by atoms with Gasteiger partial charge in [0.05, 0.1) is 8.80 Å². The molecule has 0 aliphatic heterocycles. The molecule has 0 unspecified atom stereocenters. The van der Waals surface area contributed by atoms with Crippen LogP contribution in [0.5, 0.6) is 5.75 Å². The highest BCUT2D eigenvalue weighted by molar-refractivity contribution is 6.71. The number of benzene rings is 1. The summed E-state index contributed by atoms with van der Waals surface area (Å²) in [5.74, 6) is 0.492. The second kappa shape index (κ2) is 3.09. The Kier molecular flexibility index (Phi) is 2.34. The molecule has 0 aliphatic carbocycles. The fraction of sp³-hybridized carbons (Fsp3) is 0.333. The molecule has 0 amide bonds. The summed E-state index contributed by atoms with van der Waals surface area (Å²) < 4.78 is 0. The van der Waals surface area contributed by atoms with Gasteiger partial charge in [-0.3, -0.25) is 0 Å². The van der Waals surface area contributed by atoms with E-state index in [1.807, 2.05) is 25.1 Å². The summed E-state index contributed by atoms with van der Waals surface area (Å²) >= 11 is 0. The highest BCUT2D eigenvalue weighted by Gasteiger charge is 2.07. The Morgan fingerprint density at radius 2 is 1.91 bits per heavy atom. The minimum absolute atomic E-state index is 0.492. The number of phenols is 1. The van der Waals surface area contributed by atoms with Crippen LogP contribution in [0.4, 0.5) is 0 Å². The lowest BCUT2D eigenvalue weighted by Crippen LogP contribution is -2.22. The van der Waals surface area contributed by atoms with E-state index in [1.54, 1.807) is 0 Å². The molecule has 0 aromatic heterocycles. The van der Waals surface area contributed by atoms with Crippen molar-refractivity contribution in [2.45, 2.75) is 20.0 Å². The van der Waals surface area contributed by atoms with Gasteiger partial charge in [0.25, 0.3) is 0 Å². The van der Waals surface area contributed by atoms with Crippen LogP contribution >= 0.6 is 0 Å². The third-order valence-electron chi connectivity index (χ3n) is 1.78. The molecule has 0 fully saturated rings. The largest absolute Gasteiger partial charge is 0.508 e. The number of aryl methyl sites for hydroxylation is 1. The minimum Gasteiger partial charge on any atom is -0.508 e. The van der Waals surface area contributed by atoms with E-state index >= 15 is 0 Å². The Balaban J connectivity index is 3.17. The number of aromatic hydroxyl groups is 1. The van der Waals surface area contributed by atoms with Gasteiger partial charge in [-0.2, -0.15) is 0 Å². The Hall–Kier alpha value is -0.763. The van der Waals surface area contributed by atoms with E-state index in [9.17, 15) is 5.11 Å². The Morgan fingerprint density at radius 1 is 1.27 bits per heavy atom. The van der Waals surface area contributed by atoms with E-state index in [2.05, 4.69) is 13.1 Å². The fourth-order valence-corrected chi connectivity index (χ4v) is 2.16. The van der Waals surface area contributed by atoms with Crippen molar-refractivity contribution < 1.29 is 5.11 Å². The van der Waals surface area contributed by atoms with Crippen molar-refractivity contribution in [1.29, 1.82) is 0 Å². The summed E-state index contributed by atoms with van der Waals surface area (Å²) in [4.78, 5) is 0. The standard InChI is InChI=1S/C9H13OSi/c1-7-5-4-6-8(9(7)10)11(2)3/h4-6,10H,1-3H3. The molecule has 11 heavy (non-hydrogen) atoms. The lowest BCUT2D eigenvalue weighted by Gasteiger charge is -2.07. The maximum absolute atomic E-state index is 9.59. The number of rotatable bonds is 1. The lowest BCUT2D eigenvalue weighted by molar-refractivity contribution is 0.475. The molecule has 1 aromatic rings. The molecule has 0 aliphatic rings. The van der Waals surface area contributed by atoms with Crippen LogP contribution in [0.1, 0.15) is 5.56 Å². The fourth-order valence-electron chi connectivity index (χ4n) is 1.06. The smallest absolute Gasteiger partial charge is 0.117 e. The normalized spacial score (nSPS) is 10.5. The van der Waals surface area contributed by atoms with Crippen LogP contribution < -0.4 is 5.19 Å².